The van der Waals surface area contributed by atoms with E-state index in [9.17, 15) is 9.59 Å². The second-order valence-electron chi connectivity index (χ2n) is 6.04. The number of esters is 2. The van der Waals surface area contributed by atoms with E-state index < -0.39 is 11.9 Å². The van der Waals surface area contributed by atoms with Crippen molar-refractivity contribution in [2.45, 2.75) is 0 Å². The van der Waals surface area contributed by atoms with Crippen LogP contribution in [-0.4, -0.2) is 33.3 Å². The summed E-state index contributed by atoms with van der Waals surface area (Å²) in [6.45, 7) is 0. The summed E-state index contributed by atoms with van der Waals surface area (Å²) in [4.78, 5) is 26.5. The molecule has 0 bridgehead atoms. The third-order valence-electron chi connectivity index (χ3n) is 4.30. The Morgan fingerprint density at radius 1 is 0.767 bits per heavy atom. The molecule has 1 aliphatic heterocycles. The van der Waals surface area contributed by atoms with Gasteiger partial charge in [-0.1, -0.05) is 30.3 Å². The van der Waals surface area contributed by atoms with Gasteiger partial charge in [-0.25, -0.2) is 9.59 Å². The van der Waals surface area contributed by atoms with Crippen LogP contribution < -0.4 is 14.4 Å². The van der Waals surface area contributed by atoms with Gasteiger partial charge >= 0.3 is 11.9 Å². The quantitative estimate of drug-likeness (QED) is 0.671. The van der Waals surface area contributed by atoms with Gasteiger partial charge < -0.3 is 23.8 Å². The van der Waals surface area contributed by atoms with Crippen molar-refractivity contribution < 1.29 is 28.5 Å². The standard InChI is InChI=1S/C23H21NO6/c1-27-19-13-6-7-14-20(19)30-18-12-5-4-11-17(18)24-15-9-8-10-16(22(25)28-2)21(24)23(26)29-3/h4-15H,1-3H3. The third kappa shape index (κ3) is 4.20. The van der Waals surface area contributed by atoms with Crippen molar-refractivity contribution in [2.24, 2.45) is 0 Å². The number of para-hydroxylation sites is 4. The molecule has 0 aliphatic carbocycles. The Morgan fingerprint density at radius 2 is 1.40 bits per heavy atom. The van der Waals surface area contributed by atoms with Crippen LogP contribution in [-0.2, 0) is 19.1 Å². The van der Waals surface area contributed by atoms with E-state index in [1.807, 2.05) is 12.1 Å². The minimum absolute atomic E-state index is 0.00502. The lowest BCUT2D eigenvalue weighted by atomic mass is 10.1. The average Bonchev–Trinajstić information content (AvgIpc) is 3.01. The van der Waals surface area contributed by atoms with Gasteiger partial charge in [0.15, 0.2) is 17.2 Å². The number of rotatable bonds is 6. The molecule has 154 valence electrons. The summed E-state index contributed by atoms with van der Waals surface area (Å²) in [6, 6.07) is 14.3. The van der Waals surface area contributed by atoms with Gasteiger partial charge in [0.25, 0.3) is 0 Å². The highest BCUT2D eigenvalue weighted by Crippen LogP contribution is 2.39. The molecule has 30 heavy (non-hydrogen) atoms. The number of carbonyl (C=O) groups is 2. The predicted octanol–water partition coefficient (Wildman–Crippen LogP) is 3.98. The summed E-state index contributed by atoms with van der Waals surface area (Å²) in [5.41, 5.74) is 0.581. The van der Waals surface area contributed by atoms with Crippen LogP contribution in [0.3, 0.4) is 0 Å². The lowest BCUT2D eigenvalue weighted by molar-refractivity contribution is -0.139. The summed E-state index contributed by atoms with van der Waals surface area (Å²) >= 11 is 0. The third-order valence-corrected chi connectivity index (χ3v) is 4.30. The van der Waals surface area contributed by atoms with Crippen LogP contribution >= 0.6 is 0 Å². The number of hydrogen-bond donors (Lipinski definition) is 0. The zero-order valence-corrected chi connectivity index (χ0v) is 16.8. The molecule has 0 radical (unpaired) electrons. The van der Waals surface area contributed by atoms with E-state index in [2.05, 4.69) is 0 Å². The maximum absolute atomic E-state index is 12.6. The van der Waals surface area contributed by atoms with Crippen molar-refractivity contribution in [3.05, 3.63) is 84.2 Å². The lowest BCUT2D eigenvalue weighted by Gasteiger charge is -2.25. The molecule has 0 saturated carbocycles. The molecule has 0 spiro atoms. The summed E-state index contributed by atoms with van der Waals surface area (Å²) in [7, 11) is 4.05. The fourth-order valence-electron chi connectivity index (χ4n) is 2.92. The van der Waals surface area contributed by atoms with Crippen LogP contribution in [0.25, 0.3) is 0 Å². The highest BCUT2D eigenvalue weighted by molar-refractivity contribution is 6.05. The first-order valence-corrected chi connectivity index (χ1v) is 9.05. The van der Waals surface area contributed by atoms with Crippen molar-refractivity contribution >= 4 is 17.6 Å². The van der Waals surface area contributed by atoms with Crippen LogP contribution in [0.5, 0.6) is 17.2 Å². The molecular weight excluding hydrogens is 386 g/mol. The van der Waals surface area contributed by atoms with Crippen molar-refractivity contribution in [3.8, 4) is 17.2 Å². The summed E-state index contributed by atoms with van der Waals surface area (Å²) in [5.74, 6) is 0.141. The number of methoxy groups -OCH3 is 3. The minimum atomic E-state index is -0.696. The molecule has 2 aromatic carbocycles. The molecule has 0 N–H and O–H groups in total. The molecule has 0 atom stereocenters. The molecular formula is C23H21NO6. The molecule has 7 nitrogen and oxygen atoms in total. The maximum atomic E-state index is 12.6. The molecule has 2 aromatic rings. The van der Waals surface area contributed by atoms with E-state index >= 15 is 0 Å². The Labute approximate surface area is 174 Å². The van der Waals surface area contributed by atoms with Crippen LogP contribution in [0.4, 0.5) is 5.69 Å². The first-order valence-electron chi connectivity index (χ1n) is 9.05. The lowest BCUT2D eigenvalue weighted by Crippen LogP contribution is -2.27. The number of nitrogens with zero attached hydrogens (tertiary/aromatic N) is 1. The van der Waals surface area contributed by atoms with Crippen LogP contribution in [0.2, 0.25) is 0 Å². The van der Waals surface area contributed by atoms with Crippen molar-refractivity contribution in [1.29, 1.82) is 0 Å². The van der Waals surface area contributed by atoms with Gasteiger partial charge in [-0.3, -0.25) is 0 Å². The smallest absolute Gasteiger partial charge is 0.355 e. The zero-order valence-electron chi connectivity index (χ0n) is 16.8. The second kappa shape index (κ2) is 9.47. The van der Waals surface area contributed by atoms with Gasteiger partial charge in [-0.15, -0.1) is 0 Å². The number of anilines is 1. The first kappa shape index (κ1) is 20.7. The normalized spacial score (nSPS) is 13.0. The van der Waals surface area contributed by atoms with E-state index in [-0.39, 0.29) is 11.3 Å². The molecule has 0 saturated heterocycles. The predicted molar refractivity (Wildman–Crippen MR) is 111 cm³/mol. The number of carbonyl (C=O) groups excluding carboxylic acids is 2. The van der Waals surface area contributed by atoms with E-state index in [4.69, 9.17) is 18.9 Å². The molecule has 0 aromatic heterocycles. The fourth-order valence-corrected chi connectivity index (χ4v) is 2.92. The molecule has 0 fully saturated rings. The van der Waals surface area contributed by atoms with Gasteiger partial charge in [0, 0.05) is 6.20 Å². The van der Waals surface area contributed by atoms with Crippen molar-refractivity contribution in [3.63, 3.8) is 0 Å². The summed E-state index contributed by atoms with van der Waals surface area (Å²) < 4.78 is 21.2. The fraction of sp³-hybridized carbons (Fsp3) is 0.130. The second-order valence-corrected chi connectivity index (χ2v) is 6.04. The molecule has 7 heteroatoms. The maximum Gasteiger partial charge on any atom is 0.355 e. The molecule has 0 amide bonds. The highest BCUT2D eigenvalue weighted by atomic mass is 16.5. The SMILES string of the molecule is COC(=O)C1=C(C(=O)OC)N(c2ccccc2Oc2ccccc2OC)C=CC=C1. The van der Waals surface area contributed by atoms with Gasteiger partial charge in [0.05, 0.1) is 32.6 Å². The Bertz CT molecular complexity index is 1040. The minimum Gasteiger partial charge on any atom is -0.493 e. The topological polar surface area (TPSA) is 74.3 Å². The van der Waals surface area contributed by atoms with Crippen molar-refractivity contribution in [1.82, 2.24) is 0 Å². The zero-order chi connectivity index (χ0) is 21.5. The van der Waals surface area contributed by atoms with Crippen LogP contribution in [0, 0.1) is 0 Å². The van der Waals surface area contributed by atoms with E-state index in [0.717, 1.165) is 0 Å². The highest BCUT2D eigenvalue weighted by Gasteiger charge is 2.29. The Balaban J connectivity index is 2.14. The molecule has 0 unspecified atom stereocenters. The van der Waals surface area contributed by atoms with Gasteiger partial charge in [-0.2, -0.15) is 0 Å². The summed E-state index contributed by atoms with van der Waals surface area (Å²) in [5, 5.41) is 0. The Morgan fingerprint density at radius 3 is 2.07 bits per heavy atom. The average molecular weight is 407 g/mol. The molecule has 3 rings (SSSR count). The molecule has 1 aliphatic rings. The number of ether oxygens (including phenoxy) is 4. The monoisotopic (exact) mass is 407 g/mol. The van der Waals surface area contributed by atoms with Gasteiger partial charge in [-0.05, 0) is 36.4 Å². The van der Waals surface area contributed by atoms with Gasteiger partial charge in [0.2, 0.25) is 0 Å². The van der Waals surface area contributed by atoms with Crippen LogP contribution in [0.1, 0.15) is 0 Å². The number of benzene rings is 2. The Kier molecular flexibility index (Phi) is 6.54. The summed E-state index contributed by atoms with van der Waals surface area (Å²) in [6.07, 6.45) is 6.47. The van der Waals surface area contributed by atoms with Crippen molar-refractivity contribution in [2.75, 3.05) is 26.2 Å². The Hall–Kier alpha value is -4.00. The van der Waals surface area contributed by atoms with E-state index in [1.165, 1.54) is 25.2 Å². The number of allylic oxidation sites excluding steroid dienone is 2. The first-order chi connectivity index (χ1) is 14.6. The van der Waals surface area contributed by atoms with E-state index in [1.54, 1.807) is 61.9 Å². The van der Waals surface area contributed by atoms with Crippen LogP contribution in [0.15, 0.2) is 84.2 Å². The number of hydrogen-bond acceptors (Lipinski definition) is 7. The van der Waals surface area contributed by atoms with E-state index in [0.29, 0.717) is 22.9 Å². The largest absolute Gasteiger partial charge is 0.493 e. The molecule has 1 heterocycles. The van der Waals surface area contributed by atoms with Gasteiger partial charge in [0.1, 0.15) is 5.70 Å².